The van der Waals surface area contributed by atoms with Crippen LogP contribution in [0.25, 0.3) is 0 Å². The molecule has 1 aromatic heterocycles. The normalized spacial score (nSPS) is 12.5. The SMILES string of the molecule is CCNC(=NCC(O)(CC)CC)NCCc1ncc(CC)s1. The minimum atomic E-state index is -0.701. The van der Waals surface area contributed by atoms with Crippen LogP contribution in [0.3, 0.4) is 0 Å². The molecule has 0 aliphatic heterocycles. The standard InChI is InChI=1S/C16H30N4OS/c1-5-13-11-19-14(22-13)9-10-18-15(17-8-4)20-12-16(21,6-2)7-3/h11,21H,5-10,12H2,1-4H3,(H2,17,18,20). The maximum Gasteiger partial charge on any atom is 0.191 e. The van der Waals surface area contributed by atoms with Crippen LogP contribution in [0.1, 0.15) is 50.4 Å². The maximum absolute atomic E-state index is 10.3. The van der Waals surface area contributed by atoms with Gasteiger partial charge in [0.2, 0.25) is 0 Å². The Morgan fingerprint density at radius 3 is 2.55 bits per heavy atom. The van der Waals surface area contributed by atoms with Crippen LogP contribution in [0.4, 0.5) is 0 Å². The van der Waals surface area contributed by atoms with Gasteiger partial charge in [-0.3, -0.25) is 4.99 Å². The third kappa shape index (κ3) is 6.32. The summed E-state index contributed by atoms with van der Waals surface area (Å²) < 4.78 is 0. The highest BCUT2D eigenvalue weighted by Crippen LogP contribution is 2.15. The number of rotatable bonds is 9. The highest BCUT2D eigenvalue weighted by Gasteiger charge is 2.21. The fourth-order valence-corrected chi connectivity index (χ4v) is 2.82. The van der Waals surface area contributed by atoms with Crippen molar-refractivity contribution in [2.45, 2.75) is 59.0 Å². The lowest BCUT2D eigenvalue weighted by Gasteiger charge is -2.23. The molecular formula is C16H30N4OS. The first-order chi connectivity index (χ1) is 10.6. The third-order valence-corrected chi connectivity index (χ3v) is 4.97. The molecule has 3 N–H and O–H groups in total. The molecule has 0 fully saturated rings. The van der Waals surface area contributed by atoms with Crippen LogP contribution < -0.4 is 10.6 Å². The summed E-state index contributed by atoms with van der Waals surface area (Å²) in [5.74, 6) is 0.759. The number of hydrogen-bond donors (Lipinski definition) is 3. The minimum absolute atomic E-state index is 0.423. The van der Waals surface area contributed by atoms with Crippen molar-refractivity contribution < 1.29 is 5.11 Å². The summed E-state index contributed by atoms with van der Waals surface area (Å²) in [7, 11) is 0. The predicted molar refractivity (Wildman–Crippen MR) is 94.7 cm³/mol. The number of aliphatic imine (C=N–C) groups is 1. The van der Waals surface area contributed by atoms with Gasteiger partial charge in [-0.1, -0.05) is 20.8 Å². The smallest absolute Gasteiger partial charge is 0.191 e. The average Bonchev–Trinajstić information content (AvgIpc) is 3.00. The highest BCUT2D eigenvalue weighted by molar-refractivity contribution is 7.11. The van der Waals surface area contributed by atoms with E-state index in [1.165, 1.54) is 4.88 Å². The fourth-order valence-electron chi connectivity index (χ4n) is 1.96. The van der Waals surface area contributed by atoms with Crippen molar-refractivity contribution in [2.75, 3.05) is 19.6 Å². The monoisotopic (exact) mass is 326 g/mol. The fraction of sp³-hybridized carbons (Fsp3) is 0.750. The quantitative estimate of drug-likeness (QED) is 0.481. The summed E-state index contributed by atoms with van der Waals surface area (Å²) in [6, 6.07) is 0. The van der Waals surface area contributed by atoms with E-state index in [1.54, 1.807) is 11.3 Å². The summed E-state index contributed by atoms with van der Waals surface area (Å²) in [5.41, 5.74) is -0.701. The zero-order chi connectivity index (χ0) is 16.4. The molecular weight excluding hydrogens is 296 g/mol. The van der Waals surface area contributed by atoms with Gasteiger partial charge in [0.25, 0.3) is 0 Å². The molecule has 0 amide bonds. The molecule has 6 heteroatoms. The Labute approximate surface area is 138 Å². The average molecular weight is 327 g/mol. The second kappa shape index (κ2) is 9.79. The molecule has 5 nitrogen and oxygen atoms in total. The zero-order valence-electron chi connectivity index (χ0n) is 14.3. The van der Waals surface area contributed by atoms with E-state index in [-0.39, 0.29) is 0 Å². The van der Waals surface area contributed by atoms with Crippen molar-refractivity contribution >= 4 is 17.3 Å². The molecule has 0 saturated carbocycles. The van der Waals surface area contributed by atoms with E-state index in [4.69, 9.17) is 0 Å². The van der Waals surface area contributed by atoms with E-state index >= 15 is 0 Å². The summed E-state index contributed by atoms with van der Waals surface area (Å²) in [4.78, 5) is 10.3. The third-order valence-electron chi connectivity index (χ3n) is 3.77. The lowest BCUT2D eigenvalue weighted by atomic mass is 9.98. The van der Waals surface area contributed by atoms with Gasteiger partial charge in [0.15, 0.2) is 5.96 Å². The molecule has 0 saturated heterocycles. The van der Waals surface area contributed by atoms with E-state index in [1.807, 2.05) is 27.0 Å². The van der Waals surface area contributed by atoms with Gasteiger partial charge in [-0.2, -0.15) is 0 Å². The van der Waals surface area contributed by atoms with E-state index in [9.17, 15) is 5.11 Å². The molecule has 22 heavy (non-hydrogen) atoms. The number of aliphatic hydroxyl groups is 1. The van der Waals surface area contributed by atoms with E-state index in [2.05, 4.69) is 27.5 Å². The number of aryl methyl sites for hydroxylation is 1. The van der Waals surface area contributed by atoms with Gasteiger partial charge >= 0.3 is 0 Å². The molecule has 1 rings (SSSR count). The minimum Gasteiger partial charge on any atom is -0.388 e. The van der Waals surface area contributed by atoms with E-state index in [0.717, 1.165) is 36.9 Å². The number of nitrogens with zero attached hydrogens (tertiary/aromatic N) is 2. The first kappa shape index (κ1) is 18.9. The molecule has 1 heterocycles. The Morgan fingerprint density at radius 2 is 2.00 bits per heavy atom. The Kier molecular flexibility index (Phi) is 8.42. The van der Waals surface area contributed by atoms with Gasteiger partial charge in [0.05, 0.1) is 17.2 Å². The summed E-state index contributed by atoms with van der Waals surface area (Å²) in [6.07, 6.45) is 5.32. The Morgan fingerprint density at radius 1 is 1.27 bits per heavy atom. The summed E-state index contributed by atoms with van der Waals surface area (Å²) in [6.45, 7) is 10.2. The van der Waals surface area contributed by atoms with Crippen LogP contribution in [0, 0.1) is 0 Å². The van der Waals surface area contributed by atoms with E-state index < -0.39 is 5.60 Å². The van der Waals surface area contributed by atoms with Crippen molar-refractivity contribution in [2.24, 2.45) is 4.99 Å². The molecule has 0 aliphatic carbocycles. The summed E-state index contributed by atoms with van der Waals surface area (Å²) >= 11 is 1.77. The second-order valence-electron chi connectivity index (χ2n) is 5.38. The van der Waals surface area contributed by atoms with Gasteiger partial charge in [-0.25, -0.2) is 4.98 Å². The van der Waals surface area contributed by atoms with Crippen molar-refractivity contribution in [3.8, 4) is 0 Å². The largest absolute Gasteiger partial charge is 0.388 e. The first-order valence-corrected chi connectivity index (χ1v) is 9.06. The molecule has 0 unspecified atom stereocenters. The van der Waals surface area contributed by atoms with Crippen LogP contribution in [0.5, 0.6) is 0 Å². The van der Waals surface area contributed by atoms with Crippen molar-refractivity contribution in [3.05, 3.63) is 16.1 Å². The lowest BCUT2D eigenvalue weighted by molar-refractivity contribution is 0.0418. The Hall–Kier alpha value is -1.14. The molecule has 0 atom stereocenters. The molecule has 0 bridgehead atoms. The van der Waals surface area contributed by atoms with Crippen LogP contribution in [0.15, 0.2) is 11.2 Å². The van der Waals surface area contributed by atoms with Crippen LogP contribution >= 0.6 is 11.3 Å². The Bertz CT molecular complexity index is 455. The maximum atomic E-state index is 10.3. The van der Waals surface area contributed by atoms with Crippen LogP contribution in [-0.2, 0) is 12.8 Å². The number of nitrogens with one attached hydrogen (secondary N) is 2. The molecule has 0 aromatic carbocycles. The van der Waals surface area contributed by atoms with Gasteiger partial charge in [-0.05, 0) is 26.2 Å². The first-order valence-electron chi connectivity index (χ1n) is 8.25. The van der Waals surface area contributed by atoms with Crippen LogP contribution in [0.2, 0.25) is 0 Å². The summed E-state index contributed by atoms with van der Waals surface area (Å²) in [5, 5.41) is 18.0. The highest BCUT2D eigenvalue weighted by atomic mass is 32.1. The van der Waals surface area contributed by atoms with E-state index in [0.29, 0.717) is 19.4 Å². The van der Waals surface area contributed by atoms with Crippen molar-refractivity contribution in [3.63, 3.8) is 0 Å². The van der Waals surface area contributed by atoms with Crippen molar-refractivity contribution in [1.82, 2.24) is 15.6 Å². The second-order valence-corrected chi connectivity index (χ2v) is 6.58. The number of guanidine groups is 1. The van der Waals surface area contributed by atoms with Gasteiger partial charge in [-0.15, -0.1) is 11.3 Å². The predicted octanol–water partition coefficient (Wildman–Crippen LogP) is 2.35. The van der Waals surface area contributed by atoms with Gasteiger partial charge in [0.1, 0.15) is 0 Å². The van der Waals surface area contributed by atoms with Crippen LogP contribution in [-0.4, -0.2) is 41.3 Å². The topological polar surface area (TPSA) is 69.5 Å². The molecule has 1 aromatic rings. The van der Waals surface area contributed by atoms with Gasteiger partial charge in [0, 0.05) is 30.6 Å². The molecule has 126 valence electrons. The molecule has 0 aliphatic rings. The number of aromatic nitrogens is 1. The van der Waals surface area contributed by atoms with Crippen molar-refractivity contribution in [1.29, 1.82) is 0 Å². The molecule has 0 radical (unpaired) electrons. The number of thiazole rings is 1. The lowest BCUT2D eigenvalue weighted by Crippen LogP contribution is -2.40. The Balaban J connectivity index is 2.49. The molecule has 0 spiro atoms. The zero-order valence-corrected chi connectivity index (χ0v) is 15.1. The van der Waals surface area contributed by atoms with Gasteiger partial charge < -0.3 is 15.7 Å². The number of hydrogen-bond acceptors (Lipinski definition) is 4.